The zero-order valence-corrected chi connectivity index (χ0v) is 11.4. The third-order valence-electron chi connectivity index (χ3n) is 2.99. The van der Waals surface area contributed by atoms with E-state index in [4.69, 9.17) is 5.11 Å². The molecule has 0 aromatic carbocycles. The van der Waals surface area contributed by atoms with E-state index in [9.17, 15) is 9.59 Å². The molecule has 1 saturated heterocycles. The minimum atomic E-state index is -0.959. The van der Waals surface area contributed by atoms with Crippen molar-refractivity contribution >= 4 is 23.8 Å². The Labute approximate surface area is 115 Å². The molecule has 0 radical (unpaired) electrons. The number of aliphatic carboxylic acids is 1. The molecule has 7 nitrogen and oxygen atoms in total. The average Bonchev–Trinajstić information content (AvgIpc) is 2.81. The molecule has 1 atom stereocenters. The van der Waals surface area contributed by atoms with E-state index in [1.54, 1.807) is 28.7 Å². The highest BCUT2D eigenvalue weighted by Gasteiger charge is 2.32. The molecule has 1 aromatic heterocycles. The number of imidazole rings is 1. The maximum atomic E-state index is 12.0. The summed E-state index contributed by atoms with van der Waals surface area (Å²) in [5.41, 5.74) is 0. The van der Waals surface area contributed by atoms with Gasteiger partial charge in [-0.2, -0.15) is 11.8 Å². The number of nitrogens with one attached hydrogen (secondary N) is 1. The van der Waals surface area contributed by atoms with E-state index < -0.39 is 12.0 Å². The van der Waals surface area contributed by atoms with Crippen molar-refractivity contribution in [2.75, 3.05) is 18.1 Å². The van der Waals surface area contributed by atoms with Crippen LogP contribution in [0.15, 0.2) is 12.4 Å². The molecular formula is C11H16N4O3S. The summed E-state index contributed by atoms with van der Waals surface area (Å²) in [5.74, 6) is 0.969. The largest absolute Gasteiger partial charge is 0.480 e. The summed E-state index contributed by atoms with van der Waals surface area (Å²) in [6.07, 6.45) is 3.44. The van der Waals surface area contributed by atoms with E-state index in [0.29, 0.717) is 12.3 Å². The summed E-state index contributed by atoms with van der Waals surface area (Å²) in [6, 6.07) is -1.10. The molecular weight excluding hydrogens is 268 g/mol. The highest BCUT2D eigenvalue weighted by atomic mass is 32.2. The lowest BCUT2D eigenvalue weighted by Crippen LogP contribution is -2.53. The van der Waals surface area contributed by atoms with E-state index in [1.807, 2.05) is 7.05 Å². The van der Waals surface area contributed by atoms with Gasteiger partial charge in [0.2, 0.25) is 0 Å². The van der Waals surface area contributed by atoms with Crippen molar-refractivity contribution < 1.29 is 14.7 Å². The summed E-state index contributed by atoms with van der Waals surface area (Å²) < 4.78 is 1.81. The molecule has 1 fully saturated rings. The fraction of sp³-hybridized carbons (Fsp3) is 0.545. The van der Waals surface area contributed by atoms with Gasteiger partial charge >= 0.3 is 12.0 Å². The van der Waals surface area contributed by atoms with Crippen molar-refractivity contribution in [2.24, 2.45) is 7.05 Å². The molecule has 0 spiro atoms. The monoisotopic (exact) mass is 284 g/mol. The van der Waals surface area contributed by atoms with Gasteiger partial charge in [0.25, 0.3) is 0 Å². The van der Waals surface area contributed by atoms with Crippen LogP contribution in [0, 0.1) is 0 Å². The van der Waals surface area contributed by atoms with Crippen molar-refractivity contribution in [1.29, 1.82) is 0 Å². The van der Waals surface area contributed by atoms with Gasteiger partial charge in [-0.15, -0.1) is 0 Å². The van der Waals surface area contributed by atoms with E-state index in [-0.39, 0.29) is 12.6 Å². The summed E-state index contributed by atoms with van der Waals surface area (Å²) in [7, 11) is 1.84. The molecule has 8 heteroatoms. The van der Waals surface area contributed by atoms with Crippen molar-refractivity contribution in [1.82, 2.24) is 19.8 Å². The van der Waals surface area contributed by atoms with Crippen molar-refractivity contribution in [3.8, 4) is 0 Å². The Morgan fingerprint density at radius 2 is 2.42 bits per heavy atom. The molecule has 19 heavy (non-hydrogen) atoms. The second-order valence-electron chi connectivity index (χ2n) is 4.24. The second kappa shape index (κ2) is 5.96. The molecule has 104 valence electrons. The number of carbonyl (C=O) groups is 2. The van der Waals surface area contributed by atoms with Crippen LogP contribution in [0.2, 0.25) is 0 Å². The van der Waals surface area contributed by atoms with Gasteiger partial charge in [-0.05, 0) is 0 Å². The molecule has 2 N–H and O–H groups in total. The first kappa shape index (κ1) is 13.7. The number of thioether (sulfide) groups is 1. The Bertz CT molecular complexity index is 476. The van der Waals surface area contributed by atoms with E-state index in [0.717, 1.165) is 11.6 Å². The molecule has 1 aromatic rings. The van der Waals surface area contributed by atoms with Crippen LogP contribution in [0.3, 0.4) is 0 Å². The number of aryl methyl sites for hydroxylation is 1. The highest BCUT2D eigenvalue weighted by molar-refractivity contribution is 7.99. The molecule has 0 aliphatic carbocycles. The number of carboxylic acids is 1. The molecule has 2 amide bonds. The van der Waals surface area contributed by atoms with Gasteiger partial charge in [0.05, 0.1) is 6.54 Å². The molecule has 0 saturated carbocycles. The fourth-order valence-corrected chi connectivity index (χ4v) is 2.91. The van der Waals surface area contributed by atoms with Crippen molar-refractivity contribution in [3.63, 3.8) is 0 Å². The third-order valence-corrected chi connectivity index (χ3v) is 4.02. The van der Waals surface area contributed by atoms with Crippen LogP contribution in [0.25, 0.3) is 0 Å². The number of nitrogens with zero attached hydrogens (tertiary/aromatic N) is 3. The smallest absolute Gasteiger partial charge is 0.327 e. The zero-order valence-electron chi connectivity index (χ0n) is 10.6. The quantitative estimate of drug-likeness (QED) is 0.824. The first-order valence-electron chi connectivity index (χ1n) is 5.91. The predicted molar refractivity (Wildman–Crippen MR) is 70.9 cm³/mol. The maximum absolute atomic E-state index is 12.0. The fourth-order valence-electron chi connectivity index (χ4n) is 1.87. The standard InChI is InChI=1S/C11H16N4O3S/c1-14-3-2-12-9(14)6-13-11(18)15-4-5-19-7-8(15)10(16)17/h2-3,8H,4-7H2,1H3,(H,13,18)(H,16,17). The van der Waals surface area contributed by atoms with Crippen LogP contribution >= 0.6 is 11.8 Å². The van der Waals surface area contributed by atoms with Gasteiger partial charge in [0.15, 0.2) is 0 Å². The normalized spacial score (nSPS) is 19.2. The average molecular weight is 284 g/mol. The molecule has 2 rings (SSSR count). The van der Waals surface area contributed by atoms with E-state index in [2.05, 4.69) is 10.3 Å². The zero-order chi connectivity index (χ0) is 13.8. The Hall–Kier alpha value is -1.70. The lowest BCUT2D eigenvalue weighted by atomic mass is 10.3. The van der Waals surface area contributed by atoms with Crippen LogP contribution in [-0.4, -0.2) is 55.7 Å². The highest BCUT2D eigenvalue weighted by Crippen LogP contribution is 2.16. The molecule has 0 bridgehead atoms. The second-order valence-corrected chi connectivity index (χ2v) is 5.39. The SMILES string of the molecule is Cn1ccnc1CNC(=O)N1CCSCC1C(=O)O. The van der Waals surface area contributed by atoms with Crippen molar-refractivity contribution in [3.05, 3.63) is 18.2 Å². The first-order chi connectivity index (χ1) is 9.09. The predicted octanol–water partition coefficient (Wildman–Crippen LogP) is 0.132. The van der Waals surface area contributed by atoms with Gasteiger partial charge in [0.1, 0.15) is 11.9 Å². The van der Waals surface area contributed by atoms with E-state index >= 15 is 0 Å². The minimum Gasteiger partial charge on any atom is -0.480 e. The topological polar surface area (TPSA) is 87.5 Å². The van der Waals surface area contributed by atoms with Gasteiger partial charge in [-0.25, -0.2) is 14.6 Å². The molecule has 1 aliphatic rings. The summed E-state index contributed by atoms with van der Waals surface area (Å²) in [5, 5.41) is 11.8. The van der Waals surface area contributed by atoms with Gasteiger partial charge < -0.3 is 19.9 Å². The number of hydrogen-bond donors (Lipinski definition) is 2. The van der Waals surface area contributed by atoms with Crippen LogP contribution in [-0.2, 0) is 18.4 Å². The van der Waals surface area contributed by atoms with Crippen LogP contribution in [0.1, 0.15) is 5.82 Å². The van der Waals surface area contributed by atoms with Crippen LogP contribution in [0.4, 0.5) is 4.79 Å². The van der Waals surface area contributed by atoms with Gasteiger partial charge in [-0.3, -0.25) is 0 Å². The lowest BCUT2D eigenvalue weighted by Gasteiger charge is -2.32. The van der Waals surface area contributed by atoms with Crippen LogP contribution < -0.4 is 5.32 Å². The van der Waals surface area contributed by atoms with Gasteiger partial charge in [0, 0.05) is 37.5 Å². The third kappa shape index (κ3) is 3.19. The summed E-state index contributed by atoms with van der Waals surface area (Å²) in [6.45, 7) is 0.742. The number of urea groups is 1. The lowest BCUT2D eigenvalue weighted by molar-refractivity contribution is -0.141. The number of aromatic nitrogens is 2. The van der Waals surface area contributed by atoms with Crippen LogP contribution in [0.5, 0.6) is 0 Å². The van der Waals surface area contributed by atoms with Gasteiger partial charge in [-0.1, -0.05) is 0 Å². The Balaban J connectivity index is 1.94. The minimum absolute atomic E-state index is 0.290. The Kier molecular flexibility index (Phi) is 4.31. The maximum Gasteiger partial charge on any atom is 0.327 e. The molecule has 1 unspecified atom stereocenters. The number of rotatable bonds is 3. The Morgan fingerprint density at radius 1 is 1.63 bits per heavy atom. The number of carboxylic acid groups (broad SMARTS) is 1. The van der Waals surface area contributed by atoms with Crippen molar-refractivity contribution in [2.45, 2.75) is 12.6 Å². The number of carbonyl (C=O) groups excluding carboxylic acids is 1. The first-order valence-corrected chi connectivity index (χ1v) is 7.06. The summed E-state index contributed by atoms with van der Waals surface area (Å²) in [4.78, 5) is 28.6. The van der Waals surface area contributed by atoms with E-state index in [1.165, 1.54) is 4.90 Å². The Morgan fingerprint density at radius 3 is 3.05 bits per heavy atom. The number of amides is 2. The number of hydrogen-bond acceptors (Lipinski definition) is 4. The summed E-state index contributed by atoms with van der Waals surface area (Å²) >= 11 is 1.55. The molecule has 1 aliphatic heterocycles. The molecule has 2 heterocycles.